The van der Waals surface area contributed by atoms with E-state index in [1.807, 2.05) is 0 Å². The Morgan fingerprint density at radius 3 is 3.00 bits per heavy atom. The van der Waals surface area contributed by atoms with E-state index in [9.17, 15) is 0 Å². The highest BCUT2D eigenvalue weighted by Crippen LogP contribution is 2.15. The molecule has 1 unspecified atom stereocenters. The van der Waals surface area contributed by atoms with Crippen molar-refractivity contribution in [2.24, 2.45) is 5.92 Å². The molecule has 2 heteroatoms. The van der Waals surface area contributed by atoms with Crippen LogP contribution in [0, 0.1) is 5.92 Å². The zero-order valence-electron chi connectivity index (χ0n) is 8.06. The number of likely N-dealkylation sites (tertiary alicyclic amines) is 1. The lowest BCUT2D eigenvalue weighted by atomic mass is 10.1. The topological polar surface area (TPSA) is 3.24 Å². The van der Waals surface area contributed by atoms with Crippen molar-refractivity contribution in [3.63, 3.8) is 0 Å². The first kappa shape index (κ1) is 10.8. The second kappa shape index (κ2) is 6.19. The number of hydrogen-bond acceptors (Lipinski definition) is 1. The summed E-state index contributed by atoms with van der Waals surface area (Å²) in [5.41, 5.74) is 0. The van der Waals surface area contributed by atoms with E-state index in [0.717, 1.165) is 5.92 Å². The highest BCUT2D eigenvalue weighted by Gasteiger charge is 2.13. The SMILES string of the molecule is CC1CCCCN(CCCI)C1. The second-order valence-corrected chi connectivity index (χ2v) is 5.02. The fourth-order valence-corrected chi connectivity index (χ4v) is 2.28. The van der Waals surface area contributed by atoms with Crippen molar-refractivity contribution in [1.29, 1.82) is 0 Å². The zero-order valence-corrected chi connectivity index (χ0v) is 10.2. The molecule has 0 aromatic rings. The number of halogens is 1. The van der Waals surface area contributed by atoms with Gasteiger partial charge in [-0.1, -0.05) is 35.9 Å². The van der Waals surface area contributed by atoms with Crippen molar-refractivity contribution >= 4 is 22.6 Å². The Labute approximate surface area is 90.0 Å². The summed E-state index contributed by atoms with van der Waals surface area (Å²) in [7, 11) is 0. The van der Waals surface area contributed by atoms with Crippen molar-refractivity contribution in [2.75, 3.05) is 24.1 Å². The summed E-state index contributed by atoms with van der Waals surface area (Å²) in [5, 5.41) is 0. The van der Waals surface area contributed by atoms with Gasteiger partial charge in [-0.3, -0.25) is 0 Å². The molecule has 0 spiro atoms. The van der Waals surface area contributed by atoms with E-state index in [2.05, 4.69) is 34.4 Å². The summed E-state index contributed by atoms with van der Waals surface area (Å²) in [6.07, 6.45) is 5.68. The van der Waals surface area contributed by atoms with E-state index in [4.69, 9.17) is 0 Å². The molecular formula is C10H20IN. The van der Waals surface area contributed by atoms with Crippen LogP contribution >= 0.6 is 22.6 Å². The molecule has 1 heterocycles. The van der Waals surface area contributed by atoms with Crippen molar-refractivity contribution in [3.05, 3.63) is 0 Å². The number of hydrogen-bond donors (Lipinski definition) is 0. The van der Waals surface area contributed by atoms with Crippen LogP contribution in [0.25, 0.3) is 0 Å². The minimum Gasteiger partial charge on any atom is -0.303 e. The van der Waals surface area contributed by atoms with Gasteiger partial charge in [0.2, 0.25) is 0 Å². The molecule has 0 bridgehead atoms. The van der Waals surface area contributed by atoms with Gasteiger partial charge in [-0.2, -0.15) is 0 Å². The van der Waals surface area contributed by atoms with E-state index < -0.39 is 0 Å². The Bertz CT molecular complexity index is 116. The molecule has 0 radical (unpaired) electrons. The standard InChI is InChI=1S/C10H20IN/c1-10-5-2-3-7-12(9-10)8-4-6-11/h10H,2-9H2,1H3. The first-order chi connectivity index (χ1) is 5.83. The van der Waals surface area contributed by atoms with Crippen LogP contribution in [-0.4, -0.2) is 29.0 Å². The van der Waals surface area contributed by atoms with Gasteiger partial charge < -0.3 is 4.90 Å². The molecule has 1 atom stereocenters. The van der Waals surface area contributed by atoms with Crippen LogP contribution in [0.1, 0.15) is 32.6 Å². The van der Waals surface area contributed by atoms with Crippen LogP contribution in [0.4, 0.5) is 0 Å². The van der Waals surface area contributed by atoms with Crippen LogP contribution < -0.4 is 0 Å². The molecule has 12 heavy (non-hydrogen) atoms. The van der Waals surface area contributed by atoms with Gasteiger partial charge in [0.15, 0.2) is 0 Å². The summed E-state index contributed by atoms with van der Waals surface area (Å²) in [6, 6.07) is 0. The predicted molar refractivity (Wildman–Crippen MR) is 63.0 cm³/mol. The van der Waals surface area contributed by atoms with E-state index in [1.165, 1.54) is 49.7 Å². The van der Waals surface area contributed by atoms with Gasteiger partial charge in [0.1, 0.15) is 0 Å². The lowest BCUT2D eigenvalue weighted by Gasteiger charge is -2.21. The van der Waals surface area contributed by atoms with Crippen LogP contribution in [0.15, 0.2) is 0 Å². The van der Waals surface area contributed by atoms with Gasteiger partial charge in [0.25, 0.3) is 0 Å². The van der Waals surface area contributed by atoms with Crippen molar-refractivity contribution in [3.8, 4) is 0 Å². The Morgan fingerprint density at radius 1 is 1.42 bits per heavy atom. The molecule has 1 fully saturated rings. The van der Waals surface area contributed by atoms with E-state index in [0.29, 0.717) is 0 Å². The van der Waals surface area contributed by atoms with Gasteiger partial charge in [-0.05, 0) is 38.3 Å². The van der Waals surface area contributed by atoms with E-state index in [-0.39, 0.29) is 0 Å². The fourth-order valence-electron chi connectivity index (χ4n) is 1.94. The maximum atomic E-state index is 2.65. The quantitative estimate of drug-likeness (QED) is 0.568. The van der Waals surface area contributed by atoms with Crippen LogP contribution in [-0.2, 0) is 0 Å². The van der Waals surface area contributed by atoms with Gasteiger partial charge in [0.05, 0.1) is 0 Å². The molecule has 1 aliphatic heterocycles. The summed E-state index contributed by atoms with van der Waals surface area (Å²) >= 11 is 2.47. The van der Waals surface area contributed by atoms with Crippen molar-refractivity contribution < 1.29 is 0 Å². The average Bonchev–Trinajstić information content (AvgIpc) is 2.26. The Hall–Kier alpha value is 0.690. The number of rotatable bonds is 3. The zero-order chi connectivity index (χ0) is 8.81. The molecule has 72 valence electrons. The molecule has 0 N–H and O–H groups in total. The Morgan fingerprint density at radius 2 is 2.25 bits per heavy atom. The molecule has 0 aromatic heterocycles. The molecule has 1 nitrogen and oxygen atoms in total. The molecule has 1 saturated heterocycles. The lowest BCUT2D eigenvalue weighted by molar-refractivity contribution is 0.258. The maximum Gasteiger partial charge on any atom is 0.000744 e. The third-order valence-corrected chi connectivity index (χ3v) is 3.36. The summed E-state index contributed by atoms with van der Waals surface area (Å²) in [4.78, 5) is 2.65. The monoisotopic (exact) mass is 281 g/mol. The normalized spacial score (nSPS) is 27.0. The van der Waals surface area contributed by atoms with Crippen LogP contribution in [0.5, 0.6) is 0 Å². The largest absolute Gasteiger partial charge is 0.303 e. The first-order valence-electron chi connectivity index (χ1n) is 5.11. The summed E-state index contributed by atoms with van der Waals surface area (Å²) < 4.78 is 1.31. The highest BCUT2D eigenvalue weighted by atomic mass is 127. The van der Waals surface area contributed by atoms with Gasteiger partial charge in [-0.15, -0.1) is 0 Å². The Balaban J connectivity index is 2.21. The smallest absolute Gasteiger partial charge is 0.000744 e. The first-order valence-corrected chi connectivity index (χ1v) is 6.64. The average molecular weight is 281 g/mol. The third-order valence-electron chi connectivity index (χ3n) is 2.60. The molecular weight excluding hydrogens is 261 g/mol. The lowest BCUT2D eigenvalue weighted by Crippen LogP contribution is -2.28. The van der Waals surface area contributed by atoms with E-state index >= 15 is 0 Å². The summed E-state index contributed by atoms with van der Waals surface area (Å²) in [6.45, 7) is 6.41. The van der Waals surface area contributed by atoms with Gasteiger partial charge in [0, 0.05) is 11.0 Å². The fraction of sp³-hybridized carbons (Fsp3) is 1.00. The van der Waals surface area contributed by atoms with Crippen molar-refractivity contribution in [2.45, 2.75) is 32.6 Å². The van der Waals surface area contributed by atoms with Crippen LogP contribution in [0.3, 0.4) is 0 Å². The molecule has 0 saturated carbocycles. The molecule has 1 rings (SSSR count). The third kappa shape index (κ3) is 4.08. The predicted octanol–water partition coefficient (Wildman–Crippen LogP) is 2.93. The number of alkyl halides is 1. The second-order valence-electron chi connectivity index (χ2n) is 3.94. The molecule has 1 aliphatic rings. The minimum absolute atomic E-state index is 0.932. The Kier molecular flexibility index (Phi) is 5.56. The van der Waals surface area contributed by atoms with Crippen LogP contribution in [0.2, 0.25) is 0 Å². The molecule has 0 aliphatic carbocycles. The van der Waals surface area contributed by atoms with E-state index in [1.54, 1.807) is 0 Å². The van der Waals surface area contributed by atoms with Crippen molar-refractivity contribution in [1.82, 2.24) is 4.90 Å². The van der Waals surface area contributed by atoms with Gasteiger partial charge in [-0.25, -0.2) is 0 Å². The summed E-state index contributed by atoms with van der Waals surface area (Å²) in [5.74, 6) is 0.932. The number of nitrogens with zero attached hydrogens (tertiary/aromatic N) is 1. The minimum atomic E-state index is 0.932. The molecule has 0 aromatic carbocycles. The highest BCUT2D eigenvalue weighted by molar-refractivity contribution is 14.1. The van der Waals surface area contributed by atoms with Gasteiger partial charge >= 0.3 is 0 Å². The molecule has 0 amide bonds. The maximum absolute atomic E-state index is 2.65.